The van der Waals surface area contributed by atoms with Crippen molar-refractivity contribution in [2.24, 2.45) is 0 Å². The number of nitrogens with one attached hydrogen (secondary N) is 2. The van der Waals surface area contributed by atoms with Crippen LogP contribution in [0.25, 0.3) is 6.08 Å². The smallest absolute Gasteiger partial charge is 0.268 e. The van der Waals surface area contributed by atoms with Crippen molar-refractivity contribution >= 4 is 29.2 Å². The zero-order valence-corrected chi connectivity index (χ0v) is 15.6. The molecule has 2 N–H and O–H groups in total. The standard InChI is InChI=1S/C21H19N3O2S/c1-15-4-6-17(7-5-15)20(25)24-19(13-18-3-2-12-27-18)21(26)23-14-16-8-10-22-11-9-16/h2-13H,14H2,1H3,(H,23,26)(H,24,25)/b19-13-. The maximum absolute atomic E-state index is 12.7. The van der Waals surface area contributed by atoms with Gasteiger partial charge in [-0.05, 0) is 54.3 Å². The van der Waals surface area contributed by atoms with Gasteiger partial charge in [-0.25, -0.2) is 0 Å². The van der Waals surface area contributed by atoms with Gasteiger partial charge in [-0.15, -0.1) is 11.3 Å². The minimum atomic E-state index is -0.347. The number of thiophene rings is 1. The predicted octanol–water partition coefficient (Wildman–Crippen LogP) is 3.54. The number of hydrogen-bond acceptors (Lipinski definition) is 4. The van der Waals surface area contributed by atoms with Crippen LogP contribution in [0.3, 0.4) is 0 Å². The van der Waals surface area contributed by atoms with Crippen LogP contribution < -0.4 is 10.6 Å². The van der Waals surface area contributed by atoms with Gasteiger partial charge >= 0.3 is 0 Å². The SMILES string of the molecule is Cc1ccc(C(=O)N/C(=C\c2cccs2)C(=O)NCc2ccncc2)cc1. The topological polar surface area (TPSA) is 71.1 Å². The first-order chi connectivity index (χ1) is 13.1. The lowest BCUT2D eigenvalue weighted by molar-refractivity contribution is -0.117. The molecule has 0 radical (unpaired) electrons. The molecule has 0 aliphatic carbocycles. The van der Waals surface area contributed by atoms with Crippen molar-refractivity contribution in [3.8, 4) is 0 Å². The van der Waals surface area contributed by atoms with Gasteiger partial charge in [0.2, 0.25) is 0 Å². The molecular weight excluding hydrogens is 358 g/mol. The van der Waals surface area contributed by atoms with Crippen LogP contribution in [-0.4, -0.2) is 16.8 Å². The Kier molecular flexibility index (Phi) is 6.12. The maximum atomic E-state index is 12.7. The molecule has 136 valence electrons. The zero-order chi connectivity index (χ0) is 19.1. The van der Waals surface area contributed by atoms with E-state index in [-0.39, 0.29) is 17.5 Å². The Morgan fingerprint density at radius 3 is 2.48 bits per heavy atom. The van der Waals surface area contributed by atoms with Gasteiger partial charge in [0.05, 0.1) is 0 Å². The van der Waals surface area contributed by atoms with Gasteiger partial charge < -0.3 is 10.6 Å². The molecule has 2 amide bonds. The van der Waals surface area contributed by atoms with Crippen molar-refractivity contribution < 1.29 is 9.59 Å². The highest BCUT2D eigenvalue weighted by molar-refractivity contribution is 7.10. The number of aryl methyl sites for hydroxylation is 1. The van der Waals surface area contributed by atoms with Crippen molar-refractivity contribution in [1.82, 2.24) is 15.6 Å². The van der Waals surface area contributed by atoms with E-state index in [1.807, 2.05) is 48.7 Å². The van der Waals surface area contributed by atoms with Crippen LogP contribution in [0.15, 0.2) is 72.0 Å². The quantitative estimate of drug-likeness (QED) is 0.646. The third kappa shape index (κ3) is 5.36. The van der Waals surface area contributed by atoms with Gasteiger partial charge in [0.1, 0.15) is 5.70 Å². The lowest BCUT2D eigenvalue weighted by Gasteiger charge is -2.11. The largest absolute Gasteiger partial charge is 0.347 e. The molecule has 0 unspecified atom stereocenters. The van der Waals surface area contributed by atoms with Crippen molar-refractivity contribution in [1.29, 1.82) is 0 Å². The molecule has 1 aromatic carbocycles. The van der Waals surface area contributed by atoms with Crippen LogP contribution in [0.4, 0.5) is 0 Å². The third-order valence-corrected chi connectivity index (χ3v) is 4.66. The van der Waals surface area contributed by atoms with Crippen LogP contribution >= 0.6 is 11.3 Å². The van der Waals surface area contributed by atoms with E-state index in [0.29, 0.717) is 12.1 Å². The molecule has 0 aliphatic heterocycles. The van der Waals surface area contributed by atoms with Crippen LogP contribution in [0.5, 0.6) is 0 Å². The molecule has 0 fully saturated rings. The lowest BCUT2D eigenvalue weighted by atomic mass is 10.1. The van der Waals surface area contributed by atoms with E-state index in [9.17, 15) is 9.59 Å². The third-order valence-electron chi connectivity index (χ3n) is 3.84. The molecule has 2 heterocycles. The van der Waals surface area contributed by atoms with Gasteiger partial charge in [0, 0.05) is 29.4 Å². The van der Waals surface area contributed by atoms with E-state index in [2.05, 4.69) is 15.6 Å². The summed E-state index contributed by atoms with van der Waals surface area (Å²) >= 11 is 1.49. The number of rotatable bonds is 6. The van der Waals surface area contributed by atoms with Crippen LogP contribution in [0, 0.1) is 6.92 Å². The molecule has 2 aromatic heterocycles. The minimum Gasteiger partial charge on any atom is -0.347 e. The Morgan fingerprint density at radius 2 is 1.81 bits per heavy atom. The van der Waals surface area contributed by atoms with Gasteiger partial charge in [-0.3, -0.25) is 14.6 Å². The number of aromatic nitrogens is 1. The van der Waals surface area contributed by atoms with E-state index < -0.39 is 0 Å². The summed E-state index contributed by atoms with van der Waals surface area (Å²) in [6.45, 7) is 2.31. The first kappa shape index (κ1) is 18.5. The Labute approximate surface area is 161 Å². The summed E-state index contributed by atoms with van der Waals surface area (Å²) in [6.07, 6.45) is 5.02. The summed E-state index contributed by atoms with van der Waals surface area (Å²) in [5, 5.41) is 7.48. The van der Waals surface area contributed by atoms with Gasteiger partial charge in [0.25, 0.3) is 11.8 Å². The van der Waals surface area contributed by atoms with Gasteiger partial charge in [0.15, 0.2) is 0 Å². The van der Waals surface area contributed by atoms with E-state index in [1.165, 1.54) is 11.3 Å². The molecule has 3 rings (SSSR count). The normalized spacial score (nSPS) is 11.1. The second kappa shape index (κ2) is 8.91. The van der Waals surface area contributed by atoms with Crippen LogP contribution in [0.1, 0.15) is 26.4 Å². The number of carbonyl (C=O) groups excluding carboxylic acids is 2. The Bertz CT molecular complexity index is 933. The summed E-state index contributed by atoms with van der Waals surface area (Å²) in [4.78, 5) is 30.0. The fourth-order valence-electron chi connectivity index (χ4n) is 2.35. The van der Waals surface area contributed by atoms with Gasteiger partial charge in [-0.1, -0.05) is 23.8 Å². The maximum Gasteiger partial charge on any atom is 0.268 e. The zero-order valence-electron chi connectivity index (χ0n) is 14.8. The average Bonchev–Trinajstić information content (AvgIpc) is 3.20. The Morgan fingerprint density at radius 1 is 1.07 bits per heavy atom. The second-order valence-corrected chi connectivity index (χ2v) is 6.91. The molecule has 0 atom stereocenters. The average molecular weight is 377 g/mol. The minimum absolute atomic E-state index is 0.206. The number of pyridine rings is 1. The summed E-state index contributed by atoms with van der Waals surface area (Å²) in [7, 11) is 0. The molecule has 0 aliphatic rings. The number of hydrogen-bond donors (Lipinski definition) is 2. The summed E-state index contributed by atoms with van der Waals surface area (Å²) in [6, 6.07) is 14.6. The molecule has 0 bridgehead atoms. The second-order valence-electron chi connectivity index (χ2n) is 5.93. The van der Waals surface area contributed by atoms with E-state index >= 15 is 0 Å². The molecule has 6 heteroatoms. The van der Waals surface area contributed by atoms with E-state index in [1.54, 1.807) is 30.6 Å². The van der Waals surface area contributed by atoms with E-state index in [0.717, 1.165) is 16.0 Å². The predicted molar refractivity (Wildman–Crippen MR) is 107 cm³/mol. The highest BCUT2D eigenvalue weighted by Crippen LogP contribution is 2.13. The molecule has 3 aromatic rings. The molecule has 0 saturated carbocycles. The fraction of sp³-hybridized carbons (Fsp3) is 0.0952. The van der Waals surface area contributed by atoms with Crippen molar-refractivity contribution in [2.45, 2.75) is 13.5 Å². The lowest BCUT2D eigenvalue weighted by Crippen LogP contribution is -2.34. The number of benzene rings is 1. The molecule has 0 spiro atoms. The van der Waals surface area contributed by atoms with E-state index in [4.69, 9.17) is 0 Å². The van der Waals surface area contributed by atoms with Crippen molar-refractivity contribution in [2.75, 3.05) is 0 Å². The highest BCUT2D eigenvalue weighted by Gasteiger charge is 2.15. The monoisotopic (exact) mass is 377 g/mol. The van der Waals surface area contributed by atoms with Crippen molar-refractivity contribution in [3.05, 3.63) is 93.6 Å². The Hall–Kier alpha value is -3.25. The van der Waals surface area contributed by atoms with Crippen LogP contribution in [-0.2, 0) is 11.3 Å². The highest BCUT2D eigenvalue weighted by atomic mass is 32.1. The molecule has 27 heavy (non-hydrogen) atoms. The van der Waals surface area contributed by atoms with Crippen LogP contribution in [0.2, 0.25) is 0 Å². The summed E-state index contributed by atoms with van der Waals surface area (Å²) < 4.78 is 0. The Balaban J connectivity index is 1.75. The summed E-state index contributed by atoms with van der Waals surface area (Å²) in [5.74, 6) is -0.669. The summed E-state index contributed by atoms with van der Waals surface area (Å²) in [5.41, 5.74) is 2.70. The number of amides is 2. The first-order valence-corrected chi connectivity index (χ1v) is 9.30. The number of nitrogens with zero attached hydrogens (tertiary/aromatic N) is 1. The molecular formula is C21H19N3O2S. The first-order valence-electron chi connectivity index (χ1n) is 8.42. The number of carbonyl (C=O) groups is 2. The van der Waals surface area contributed by atoms with Crippen molar-refractivity contribution in [3.63, 3.8) is 0 Å². The molecule has 0 saturated heterocycles. The van der Waals surface area contributed by atoms with Gasteiger partial charge in [-0.2, -0.15) is 0 Å². The molecule has 5 nitrogen and oxygen atoms in total. The fourth-order valence-corrected chi connectivity index (χ4v) is 3.01.